The predicted molar refractivity (Wildman–Crippen MR) is 122 cm³/mol. The van der Waals surface area contributed by atoms with Crippen molar-refractivity contribution in [3.63, 3.8) is 0 Å². The van der Waals surface area contributed by atoms with Gasteiger partial charge < -0.3 is 20.1 Å². The molecule has 7 heteroatoms. The van der Waals surface area contributed by atoms with Crippen LogP contribution in [-0.2, 0) is 24.3 Å². The lowest BCUT2D eigenvalue weighted by atomic mass is 10.1. The topological polar surface area (TPSA) is 58.1 Å². The number of rotatable bonds is 9. The normalized spacial score (nSPS) is 14.7. The Bertz CT molecular complexity index is 860. The molecule has 0 amide bonds. The molecule has 2 aromatic rings. The van der Waals surface area contributed by atoms with E-state index in [2.05, 4.69) is 58.8 Å². The van der Waals surface area contributed by atoms with Gasteiger partial charge in [-0.1, -0.05) is 30.3 Å². The summed E-state index contributed by atoms with van der Waals surface area (Å²) in [6.45, 7) is 5.20. The van der Waals surface area contributed by atoms with Gasteiger partial charge >= 0.3 is 0 Å². The van der Waals surface area contributed by atoms with E-state index in [-0.39, 0.29) is 12.6 Å². The standard InChI is InChI=1S/C24H33FN4O2/c1-18(29(3)15-19-7-5-4-6-8-19)9-11-27-24(26-2)28-12-10-20-13-22(25)14-21-16-30-17-31-23(20)21/h4-8,13-14,18H,9-12,15-17H2,1-3H3,(H2,26,27,28). The maximum atomic E-state index is 13.9. The van der Waals surface area contributed by atoms with E-state index in [0.717, 1.165) is 42.3 Å². The molecule has 0 fully saturated rings. The highest BCUT2D eigenvalue weighted by atomic mass is 19.1. The van der Waals surface area contributed by atoms with E-state index in [1.807, 2.05) is 6.07 Å². The van der Waals surface area contributed by atoms with E-state index in [0.29, 0.717) is 25.6 Å². The minimum Gasteiger partial charge on any atom is -0.467 e. The fraction of sp³-hybridized carbons (Fsp3) is 0.458. The fourth-order valence-corrected chi connectivity index (χ4v) is 3.63. The van der Waals surface area contributed by atoms with Gasteiger partial charge in [-0.3, -0.25) is 9.89 Å². The second kappa shape index (κ2) is 11.7. The van der Waals surface area contributed by atoms with Crippen molar-refractivity contribution in [2.24, 2.45) is 4.99 Å². The molecule has 0 aromatic heterocycles. The van der Waals surface area contributed by atoms with Gasteiger partial charge in [-0.05, 0) is 50.1 Å². The molecule has 1 aliphatic rings. The molecule has 2 N–H and O–H groups in total. The summed E-state index contributed by atoms with van der Waals surface area (Å²) < 4.78 is 24.7. The van der Waals surface area contributed by atoms with Crippen LogP contribution in [0.4, 0.5) is 4.39 Å². The summed E-state index contributed by atoms with van der Waals surface area (Å²) in [4.78, 5) is 6.64. The first kappa shape index (κ1) is 23.0. The van der Waals surface area contributed by atoms with Crippen LogP contribution >= 0.6 is 0 Å². The maximum absolute atomic E-state index is 13.9. The molecule has 1 heterocycles. The van der Waals surface area contributed by atoms with Crippen molar-refractivity contribution in [2.45, 2.75) is 39.0 Å². The summed E-state index contributed by atoms with van der Waals surface area (Å²) in [5.74, 6) is 1.22. The number of ether oxygens (including phenoxy) is 2. The third-order valence-corrected chi connectivity index (χ3v) is 5.54. The molecule has 0 spiro atoms. The molecule has 0 saturated carbocycles. The van der Waals surface area contributed by atoms with E-state index >= 15 is 0 Å². The summed E-state index contributed by atoms with van der Waals surface area (Å²) in [7, 11) is 3.91. The maximum Gasteiger partial charge on any atom is 0.190 e. The van der Waals surface area contributed by atoms with Crippen LogP contribution in [0.25, 0.3) is 0 Å². The molecular formula is C24H33FN4O2. The monoisotopic (exact) mass is 428 g/mol. The average molecular weight is 429 g/mol. The lowest BCUT2D eigenvalue weighted by Gasteiger charge is -2.25. The van der Waals surface area contributed by atoms with Crippen LogP contribution in [0.1, 0.15) is 30.0 Å². The number of fused-ring (bicyclic) bond motifs is 1. The molecule has 2 aromatic carbocycles. The first-order valence-corrected chi connectivity index (χ1v) is 10.8. The van der Waals surface area contributed by atoms with Crippen molar-refractivity contribution in [1.82, 2.24) is 15.5 Å². The molecule has 31 heavy (non-hydrogen) atoms. The van der Waals surface area contributed by atoms with Crippen molar-refractivity contribution in [3.05, 3.63) is 65.0 Å². The lowest BCUT2D eigenvalue weighted by molar-refractivity contribution is -0.0172. The molecule has 1 aliphatic heterocycles. The minimum absolute atomic E-state index is 0.208. The van der Waals surface area contributed by atoms with Gasteiger partial charge in [0.15, 0.2) is 12.8 Å². The van der Waals surface area contributed by atoms with Gasteiger partial charge in [0.2, 0.25) is 0 Å². The largest absolute Gasteiger partial charge is 0.467 e. The van der Waals surface area contributed by atoms with Crippen molar-refractivity contribution in [2.75, 3.05) is 34.0 Å². The highest BCUT2D eigenvalue weighted by molar-refractivity contribution is 5.79. The van der Waals surface area contributed by atoms with Gasteiger partial charge in [0.05, 0.1) is 6.61 Å². The zero-order valence-electron chi connectivity index (χ0n) is 18.7. The summed E-state index contributed by atoms with van der Waals surface area (Å²) in [6, 6.07) is 13.9. The number of nitrogens with zero attached hydrogens (tertiary/aromatic N) is 2. The van der Waals surface area contributed by atoms with Gasteiger partial charge in [-0.2, -0.15) is 0 Å². The zero-order valence-corrected chi connectivity index (χ0v) is 18.7. The Kier molecular flexibility index (Phi) is 8.67. The molecule has 3 rings (SSSR count). The zero-order chi connectivity index (χ0) is 22.1. The molecule has 0 saturated heterocycles. The van der Waals surface area contributed by atoms with Crippen LogP contribution in [0.15, 0.2) is 47.5 Å². The van der Waals surface area contributed by atoms with E-state index in [1.165, 1.54) is 17.7 Å². The van der Waals surface area contributed by atoms with Crippen molar-refractivity contribution in [1.29, 1.82) is 0 Å². The second-order valence-corrected chi connectivity index (χ2v) is 7.88. The number of hydrogen-bond acceptors (Lipinski definition) is 4. The SMILES string of the molecule is CN=C(NCCc1cc(F)cc2c1OCOC2)NCCC(C)N(C)Cc1ccccc1. The number of guanidine groups is 1. The van der Waals surface area contributed by atoms with E-state index < -0.39 is 0 Å². The Morgan fingerprint density at radius 3 is 2.74 bits per heavy atom. The average Bonchev–Trinajstić information content (AvgIpc) is 2.78. The summed E-state index contributed by atoms with van der Waals surface area (Å²) in [5, 5.41) is 6.67. The van der Waals surface area contributed by atoms with Crippen LogP contribution in [0, 0.1) is 5.82 Å². The Labute approximate surface area is 184 Å². The van der Waals surface area contributed by atoms with Crippen LogP contribution in [0.5, 0.6) is 5.75 Å². The van der Waals surface area contributed by atoms with Crippen LogP contribution in [-0.4, -0.2) is 50.9 Å². The van der Waals surface area contributed by atoms with E-state index in [4.69, 9.17) is 9.47 Å². The summed E-state index contributed by atoms with van der Waals surface area (Å²) >= 11 is 0. The Morgan fingerprint density at radius 2 is 1.97 bits per heavy atom. The Morgan fingerprint density at radius 1 is 1.19 bits per heavy atom. The van der Waals surface area contributed by atoms with E-state index in [9.17, 15) is 4.39 Å². The van der Waals surface area contributed by atoms with Crippen molar-refractivity contribution < 1.29 is 13.9 Å². The number of benzene rings is 2. The van der Waals surface area contributed by atoms with Gasteiger partial charge in [0, 0.05) is 38.3 Å². The number of nitrogens with one attached hydrogen (secondary N) is 2. The molecule has 0 aliphatic carbocycles. The fourth-order valence-electron chi connectivity index (χ4n) is 3.63. The quantitative estimate of drug-likeness (QED) is 0.474. The molecule has 0 bridgehead atoms. The predicted octanol–water partition coefficient (Wildman–Crippen LogP) is 3.31. The van der Waals surface area contributed by atoms with Gasteiger partial charge in [-0.15, -0.1) is 0 Å². The minimum atomic E-state index is -0.265. The first-order valence-electron chi connectivity index (χ1n) is 10.8. The first-order chi connectivity index (χ1) is 15.1. The lowest BCUT2D eigenvalue weighted by Crippen LogP contribution is -2.40. The van der Waals surface area contributed by atoms with Crippen molar-refractivity contribution >= 4 is 5.96 Å². The highest BCUT2D eigenvalue weighted by Gasteiger charge is 2.17. The molecule has 6 nitrogen and oxygen atoms in total. The Hall–Kier alpha value is -2.64. The van der Waals surface area contributed by atoms with Gasteiger partial charge in [0.1, 0.15) is 11.6 Å². The smallest absolute Gasteiger partial charge is 0.190 e. The Balaban J connectivity index is 1.40. The summed E-state index contributed by atoms with van der Waals surface area (Å²) in [5.41, 5.74) is 2.92. The number of aliphatic imine (C=N–C) groups is 1. The van der Waals surface area contributed by atoms with Crippen LogP contribution in [0.2, 0.25) is 0 Å². The molecule has 0 radical (unpaired) electrons. The number of halogens is 1. The highest BCUT2D eigenvalue weighted by Crippen LogP contribution is 2.29. The van der Waals surface area contributed by atoms with Crippen molar-refractivity contribution in [3.8, 4) is 5.75 Å². The molecule has 1 unspecified atom stereocenters. The summed E-state index contributed by atoms with van der Waals surface area (Å²) in [6.07, 6.45) is 1.63. The molecule has 168 valence electrons. The molecule has 1 atom stereocenters. The third-order valence-electron chi connectivity index (χ3n) is 5.54. The van der Waals surface area contributed by atoms with E-state index in [1.54, 1.807) is 7.05 Å². The van der Waals surface area contributed by atoms with Crippen LogP contribution in [0.3, 0.4) is 0 Å². The number of hydrogen-bond donors (Lipinski definition) is 2. The third kappa shape index (κ3) is 6.94. The van der Waals surface area contributed by atoms with Gasteiger partial charge in [-0.25, -0.2) is 4.39 Å². The second-order valence-electron chi connectivity index (χ2n) is 7.88. The van der Waals surface area contributed by atoms with Gasteiger partial charge in [0.25, 0.3) is 0 Å². The molecular weight excluding hydrogens is 395 g/mol. The van der Waals surface area contributed by atoms with Crippen LogP contribution < -0.4 is 15.4 Å².